The highest BCUT2D eigenvalue weighted by atomic mass is 35.5. The average Bonchev–Trinajstić information content (AvgIpc) is 3.03. The average molecular weight is 504 g/mol. The van der Waals surface area contributed by atoms with Crippen LogP contribution in [-0.2, 0) is 9.59 Å². The first-order chi connectivity index (χ1) is 16.1. The fraction of sp³-hybridized carbons (Fsp3) is 0.120. The Hall–Kier alpha value is -3.42. The number of aliphatic hydroxyl groups is 1. The molecule has 1 aliphatic heterocycles. The molecular formula is C25H17Cl2F2NO4. The van der Waals surface area contributed by atoms with Crippen molar-refractivity contribution in [1.29, 1.82) is 0 Å². The monoisotopic (exact) mass is 503 g/mol. The Balaban J connectivity index is 2.04. The van der Waals surface area contributed by atoms with E-state index in [0.29, 0.717) is 11.6 Å². The fourth-order valence-corrected chi connectivity index (χ4v) is 4.57. The summed E-state index contributed by atoms with van der Waals surface area (Å²) in [6, 6.07) is 11.0. The lowest BCUT2D eigenvalue weighted by atomic mass is 9.94. The number of hydrogen-bond donors (Lipinski definition) is 1. The molecule has 0 aliphatic carbocycles. The van der Waals surface area contributed by atoms with Gasteiger partial charge in [0.25, 0.3) is 11.7 Å². The minimum Gasteiger partial charge on any atom is -0.507 e. The van der Waals surface area contributed by atoms with Gasteiger partial charge in [-0.25, -0.2) is 8.78 Å². The molecule has 5 nitrogen and oxygen atoms in total. The van der Waals surface area contributed by atoms with Crippen LogP contribution < -0.4 is 9.64 Å². The summed E-state index contributed by atoms with van der Waals surface area (Å²) in [6.45, 7) is 1.80. The SMILES string of the molecule is COc1c(Cl)cc(Cl)cc1/C(O)=C1\C(=O)C(=O)N(c2ccc(F)cc2F)C1c1cccc(C)c1. The number of benzene rings is 3. The van der Waals surface area contributed by atoms with Gasteiger partial charge in [-0.1, -0.05) is 53.0 Å². The van der Waals surface area contributed by atoms with Crippen molar-refractivity contribution in [2.45, 2.75) is 13.0 Å². The summed E-state index contributed by atoms with van der Waals surface area (Å²) in [7, 11) is 1.32. The van der Waals surface area contributed by atoms with Crippen LogP contribution in [0.5, 0.6) is 5.75 Å². The fourth-order valence-electron chi connectivity index (χ4n) is 4.00. The van der Waals surface area contributed by atoms with Crippen molar-refractivity contribution in [1.82, 2.24) is 0 Å². The number of carbonyl (C=O) groups excluding carboxylic acids is 2. The molecule has 3 aromatic carbocycles. The second-order valence-corrected chi connectivity index (χ2v) is 8.49. The third-order valence-electron chi connectivity index (χ3n) is 5.44. The molecule has 0 saturated carbocycles. The zero-order valence-electron chi connectivity index (χ0n) is 17.9. The Morgan fingerprint density at radius 1 is 1.06 bits per heavy atom. The number of nitrogens with zero attached hydrogens (tertiary/aromatic N) is 1. The normalized spacial score (nSPS) is 17.4. The number of Topliss-reactive ketones (excluding diaryl/α,β-unsaturated/α-hetero) is 1. The largest absolute Gasteiger partial charge is 0.507 e. The number of aryl methyl sites for hydroxylation is 1. The van der Waals surface area contributed by atoms with Gasteiger partial charge in [-0.05, 0) is 36.8 Å². The Labute approximate surface area is 203 Å². The van der Waals surface area contributed by atoms with E-state index >= 15 is 0 Å². The summed E-state index contributed by atoms with van der Waals surface area (Å²) < 4.78 is 33.6. The molecule has 1 fully saturated rings. The number of anilines is 1. The highest BCUT2D eigenvalue weighted by Gasteiger charge is 2.48. The van der Waals surface area contributed by atoms with Crippen molar-refractivity contribution >= 4 is 46.3 Å². The molecule has 1 amide bonds. The van der Waals surface area contributed by atoms with E-state index in [1.807, 2.05) is 0 Å². The molecule has 1 N–H and O–H groups in total. The Bertz CT molecular complexity index is 1370. The van der Waals surface area contributed by atoms with Crippen LogP contribution in [0.3, 0.4) is 0 Å². The molecular weight excluding hydrogens is 487 g/mol. The summed E-state index contributed by atoms with van der Waals surface area (Å²) in [5.74, 6) is -4.61. The number of halogens is 4. The zero-order chi connectivity index (χ0) is 24.7. The van der Waals surface area contributed by atoms with Gasteiger partial charge in [-0.15, -0.1) is 0 Å². The smallest absolute Gasteiger partial charge is 0.300 e. The first-order valence-electron chi connectivity index (χ1n) is 10.00. The molecule has 0 aromatic heterocycles. The molecule has 1 heterocycles. The number of carbonyl (C=O) groups is 2. The summed E-state index contributed by atoms with van der Waals surface area (Å²) in [5, 5.41) is 11.5. The van der Waals surface area contributed by atoms with Gasteiger partial charge in [0.1, 0.15) is 23.1 Å². The van der Waals surface area contributed by atoms with Crippen molar-refractivity contribution in [3.8, 4) is 5.75 Å². The summed E-state index contributed by atoms with van der Waals surface area (Å²) in [4.78, 5) is 27.2. The number of ketones is 1. The quantitative estimate of drug-likeness (QED) is 0.261. The predicted octanol–water partition coefficient (Wildman–Crippen LogP) is 6.21. The maximum absolute atomic E-state index is 14.8. The van der Waals surface area contributed by atoms with Crippen LogP contribution in [0.15, 0.2) is 60.2 Å². The van der Waals surface area contributed by atoms with Crippen LogP contribution in [0.4, 0.5) is 14.5 Å². The number of rotatable bonds is 4. The molecule has 1 atom stereocenters. The van der Waals surface area contributed by atoms with E-state index in [2.05, 4.69) is 0 Å². The lowest BCUT2D eigenvalue weighted by molar-refractivity contribution is -0.132. The summed E-state index contributed by atoms with van der Waals surface area (Å²) in [6.07, 6.45) is 0. The topological polar surface area (TPSA) is 66.8 Å². The van der Waals surface area contributed by atoms with Gasteiger partial charge < -0.3 is 9.84 Å². The Morgan fingerprint density at radius 3 is 2.44 bits per heavy atom. The number of hydrogen-bond acceptors (Lipinski definition) is 4. The number of amides is 1. The summed E-state index contributed by atoms with van der Waals surface area (Å²) >= 11 is 12.3. The van der Waals surface area contributed by atoms with Crippen molar-refractivity contribution in [2.75, 3.05) is 12.0 Å². The van der Waals surface area contributed by atoms with Crippen molar-refractivity contribution in [3.05, 3.63) is 98.5 Å². The van der Waals surface area contributed by atoms with Gasteiger partial charge in [0.2, 0.25) is 0 Å². The molecule has 9 heteroatoms. The second-order valence-electron chi connectivity index (χ2n) is 7.65. The van der Waals surface area contributed by atoms with E-state index in [1.165, 1.54) is 19.2 Å². The van der Waals surface area contributed by atoms with Crippen LogP contribution in [0.2, 0.25) is 10.0 Å². The molecule has 0 radical (unpaired) electrons. The highest BCUT2D eigenvalue weighted by molar-refractivity contribution is 6.52. The minimum atomic E-state index is -1.22. The third-order valence-corrected chi connectivity index (χ3v) is 5.94. The van der Waals surface area contributed by atoms with Gasteiger partial charge in [-0.2, -0.15) is 0 Å². The molecule has 3 aromatic rings. The zero-order valence-corrected chi connectivity index (χ0v) is 19.4. The standard InChI is InChI=1S/C25H17Cl2F2NO4/c1-12-4-3-5-13(8-12)21-20(22(31)16-9-14(26)10-17(27)24(16)34-2)23(32)25(33)30(21)19-7-6-15(28)11-18(19)29/h3-11,21,31H,1-2H3/b22-20+. The molecule has 1 saturated heterocycles. The molecule has 4 rings (SSSR count). The lowest BCUT2D eigenvalue weighted by Gasteiger charge is -2.26. The second kappa shape index (κ2) is 9.08. The maximum Gasteiger partial charge on any atom is 0.300 e. The van der Waals surface area contributed by atoms with Crippen LogP contribution in [0.25, 0.3) is 5.76 Å². The molecule has 0 spiro atoms. The number of methoxy groups -OCH3 is 1. The molecule has 1 unspecified atom stereocenters. The molecule has 174 valence electrons. The van der Waals surface area contributed by atoms with Crippen LogP contribution >= 0.6 is 23.2 Å². The first-order valence-corrected chi connectivity index (χ1v) is 10.8. The van der Waals surface area contributed by atoms with Gasteiger partial charge in [0.05, 0.1) is 35.0 Å². The van der Waals surface area contributed by atoms with Gasteiger partial charge >= 0.3 is 0 Å². The Kier molecular flexibility index (Phi) is 6.34. The van der Waals surface area contributed by atoms with E-state index in [4.69, 9.17) is 27.9 Å². The van der Waals surface area contributed by atoms with E-state index in [-0.39, 0.29) is 32.6 Å². The summed E-state index contributed by atoms with van der Waals surface area (Å²) in [5.41, 5.74) is 0.568. The van der Waals surface area contributed by atoms with Crippen molar-refractivity contribution in [2.24, 2.45) is 0 Å². The minimum absolute atomic E-state index is 0.0183. The van der Waals surface area contributed by atoms with Gasteiger partial charge in [0, 0.05) is 11.1 Å². The van der Waals surface area contributed by atoms with Crippen molar-refractivity contribution in [3.63, 3.8) is 0 Å². The molecule has 1 aliphatic rings. The molecule has 34 heavy (non-hydrogen) atoms. The van der Waals surface area contributed by atoms with Crippen LogP contribution in [-0.4, -0.2) is 23.9 Å². The van der Waals surface area contributed by atoms with Crippen LogP contribution in [0.1, 0.15) is 22.7 Å². The van der Waals surface area contributed by atoms with E-state index < -0.39 is 35.1 Å². The Morgan fingerprint density at radius 2 is 1.79 bits per heavy atom. The predicted molar refractivity (Wildman–Crippen MR) is 125 cm³/mol. The molecule has 0 bridgehead atoms. The van der Waals surface area contributed by atoms with Crippen LogP contribution in [0, 0.1) is 18.6 Å². The number of aliphatic hydroxyl groups excluding tert-OH is 1. The lowest BCUT2D eigenvalue weighted by Crippen LogP contribution is -2.30. The van der Waals surface area contributed by atoms with Gasteiger partial charge in [0.15, 0.2) is 0 Å². The highest BCUT2D eigenvalue weighted by Crippen LogP contribution is 2.45. The first kappa shape index (κ1) is 23.7. The van der Waals surface area contributed by atoms with E-state index in [0.717, 1.165) is 22.6 Å². The van der Waals surface area contributed by atoms with Crippen molar-refractivity contribution < 1.29 is 28.2 Å². The number of ether oxygens (including phenoxy) is 1. The third kappa shape index (κ3) is 4.02. The maximum atomic E-state index is 14.8. The van der Waals surface area contributed by atoms with Gasteiger partial charge in [-0.3, -0.25) is 14.5 Å². The van der Waals surface area contributed by atoms with E-state index in [9.17, 15) is 23.5 Å². The van der Waals surface area contributed by atoms with E-state index in [1.54, 1.807) is 31.2 Å².